The third-order valence-corrected chi connectivity index (χ3v) is 2.66. The van der Waals surface area contributed by atoms with Crippen LogP contribution in [0.25, 0.3) is 0 Å². The van der Waals surface area contributed by atoms with Crippen molar-refractivity contribution >= 4 is 0 Å². The van der Waals surface area contributed by atoms with E-state index in [1.54, 1.807) is 0 Å². The summed E-state index contributed by atoms with van der Waals surface area (Å²) < 4.78 is 11.1. The number of rotatable bonds is 4. The van der Waals surface area contributed by atoms with Crippen LogP contribution in [0.2, 0.25) is 0 Å². The lowest BCUT2D eigenvalue weighted by molar-refractivity contribution is 0.0891. The molecule has 0 spiro atoms. The Kier molecular flexibility index (Phi) is 3.23. The third-order valence-electron chi connectivity index (χ3n) is 2.66. The average Bonchev–Trinajstić information content (AvgIpc) is 2.69. The Bertz CT molecular complexity index is 302. The number of benzene rings is 1. The number of para-hydroxylation sites is 1. The van der Waals surface area contributed by atoms with E-state index in [0.29, 0.717) is 13.2 Å². The fourth-order valence-corrected chi connectivity index (χ4v) is 1.81. The molecule has 15 heavy (non-hydrogen) atoms. The second kappa shape index (κ2) is 4.64. The van der Waals surface area contributed by atoms with Crippen molar-refractivity contribution in [2.24, 2.45) is 5.73 Å². The highest BCUT2D eigenvalue weighted by Gasteiger charge is 2.27. The lowest BCUT2D eigenvalue weighted by Gasteiger charge is -2.18. The van der Waals surface area contributed by atoms with Crippen LogP contribution in [0, 0.1) is 0 Å². The van der Waals surface area contributed by atoms with Gasteiger partial charge in [0.1, 0.15) is 11.9 Å². The van der Waals surface area contributed by atoms with Crippen molar-refractivity contribution in [3.8, 4) is 5.75 Å². The number of hydrogen-bond donors (Lipinski definition) is 1. The molecule has 2 unspecified atom stereocenters. The summed E-state index contributed by atoms with van der Waals surface area (Å²) in [7, 11) is 0. The van der Waals surface area contributed by atoms with Gasteiger partial charge in [0.25, 0.3) is 0 Å². The maximum Gasteiger partial charge on any atom is 0.123 e. The van der Waals surface area contributed by atoms with Crippen LogP contribution in [-0.4, -0.2) is 25.4 Å². The number of nitrogens with two attached hydrogens (primary N) is 1. The Morgan fingerprint density at radius 3 is 3.07 bits per heavy atom. The highest BCUT2D eigenvalue weighted by Crippen LogP contribution is 2.28. The standard InChI is InChI=1S/C12H17NO2/c1-2-14-8-10(13)12-7-9-5-3-4-6-11(9)15-12/h3-6,10,12H,2,7-8,13H2,1H3. The van der Waals surface area contributed by atoms with Gasteiger partial charge in [-0.05, 0) is 18.6 Å². The molecule has 0 aromatic heterocycles. The minimum Gasteiger partial charge on any atom is -0.488 e. The van der Waals surface area contributed by atoms with Gasteiger partial charge in [-0.15, -0.1) is 0 Å². The van der Waals surface area contributed by atoms with Crippen LogP contribution >= 0.6 is 0 Å². The van der Waals surface area contributed by atoms with Crippen molar-refractivity contribution in [1.82, 2.24) is 0 Å². The van der Waals surface area contributed by atoms with Crippen LogP contribution in [0.5, 0.6) is 5.75 Å². The second-order valence-corrected chi connectivity index (χ2v) is 3.79. The van der Waals surface area contributed by atoms with Gasteiger partial charge in [-0.25, -0.2) is 0 Å². The maximum atomic E-state index is 5.99. The molecule has 2 atom stereocenters. The summed E-state index contributed by atoms with van der Waals surface area (Å²) in [5, 5.41) is 0. The van der Waals surface area contributed by atoms with Crippen LogP contribution < -0.4 is 10.5 Å². The SMILES string of the molecule is CCOCC(N)C1Cc2ccccc2O1. The molecule has 1 heterocycles. The predicted molar refractivity (Wildman–Crippen MR) is 59.0 cm³/mol. The van der Waals surface area contributed by atoms with Gasteiger partial charge in [0, 0.05) is 13.0 Å². The number of fused-ring (bicyclic) bond motifs is 1. The molecule has 0 bridgehead atoms. The first-order valence-corrected chi connectivity index (χ1v) is 5.39. The molecular formula is C12H17NO2. The summed E-state index contributed by atoms with van der Waals surface area (Å²) >= 11 is 0. The van der Waals surface area contributed by atoms with Crippen molar-refractivity contribution in [2.45, 2.75) is 25.5 Å². The Labute approximate surface area is 90.2 Å². The molecule has 3 heteroatoms. The first-order chi connectivity index (χ1) is 7.31. The summed E-state index contributed by atoms with van der Waals surface area (Å²) in [4.78, 5) is 0. The van der Waals surface area contributed by atoms with Gasteiger partial charge in [0.2, 0.25) is 0 Å². The Morgan fingerprint density at radius 1 is 1.53 bits per heavy atom. The molecule has 0 saturated carbocycles. The molecule has 82 valence electrons. The summed E-state index contributed by atoms with van der Waals surface area (Å²) in [5.41, 5.74) is 7.24. The first-order valence-electron chi connectivity index (χ1n) is 5.39. The van der Waals surface area contributed by atoms with Gasteiger partial charge in [0.05, 0.1) is 12.6 Å². The summed E-state index contributed by atoms with van der Waals surface area (Å²) in [6.07, 6.45) is 0.957. The Morgan fingerprint density at radius 2 is 2.33 bits per heavy atom. The van der Waals surface area contributed by atoms with E-state index in [1.807, 2.05) is 25.1 Å². The second-order valence-electron chi connectivity index (χ2n) is 3.79. The van der Waals surface area contributed by atoms with E-state index >= 15 is 0 Å². The van der Waals surface area contributed by atoms with Crippen LogP contribution in [-0.2, 0) is 11.2 Å². The molecule has 0 amide bonds. The maximum absolute atomic E-state index is 5.99. The molecule has 3 nitrogen and oxygen atoms in total. The van der Waals surface area contributed by atoms with Gasteiger partial charge in [0.15, 0.2) is 0 Å². The van der Waals surface area contributed by atoms with E-state index in [4.69, 9.17) is 15.2 Å². The molecule has 0 fully saturated rings. The molecule has 1 aliphatic rings. The van der Waals surface area contributed by atoms with Gasteiger partial charge >= 0.3 is 0 Å². The van der Waals surface area contributed by atoms with Crippen molar-refractivity contribution in [3.05, 3.63) is 29.8 Å². The normalized spacial score (nSPS) is 20.8. The van der Waals surface area contributed by atoms with Gasteiger partial charge < -0.3 is 15.2 Å². The molecule has 1 aromatic rings. The largest absolute Gasteiger partial charge is 0.488 e. The molecule has 0 radical (unpaired) electrons. The third kappa shape index (κ3) is 2.30. The highest BCUT2D eigenvalue weighted by molar-refractivity contribution is 5.37. The van der Waals surface area contributed by atoms with Crippen LogP contribution in [0.1, 0.15) is 12.5 Å². The smallest absolute Gasteiger partial charge is 0.123 e. The number of ether oxygens (including phenoxy) is 2. The van der Waals surface area contributed by atoms with E-state index in [9.17, 15) is 0 Å². The average molecular weight is 207 g/mol. The van der Waals surface area contributed by atoms with Crippen LogP contribution in [0.15, 0.2) is 24.3 Å². The molecule has 1 aromatic carbocycles. The minimum atomic E-state index is -0.0441. The van der Waals surface area contributed by atoms with Crippen LogP contribution in [0.3, 0.4) is 0 Å². The van der Waals surface area contributed by atoms with E-state index < -0.39 is 0 Å². The Hall–Kier alpha value is -1.06. The molecular weight excluding hydrogens is 190 g/mol. The van der Waals surface area contributed by atoms with E-state index in [0.717, 1.165) is 12.2 Å². The fraction of sp³-hybridized carbons (Fsp3) is 0.500. The van der Waals surface area contributed by atoms with Crippen molar-refractivity contribution in [1.29, 1.82) is 0 Å². The number of hydrogen-bond acceptors (Lipinski definition) is 3. The van der Waals surface area contributed by atoms with Gasteiger partial charge in [-0.2, -0.15) is 0 Å². The van der Waals surface area contributed by atoms with E-state index in [2.05, 4.69) is 6.07 Å². The molecule has 2 rings (SSSR count). The zero-order chi connectivity index (χ0) is 10.7. The molecule has 1 aliphatic heterocycles. The Balaban J connectivity index is 1.94. The van der Waals surface area contributed by atoms with Gasteiger partial charge in [-0.1, -0.05) is 18.2 Å². The molecule has 0 saturated heterocycles. The quantitative estimate of drug-likeness (QED) is 0.810. The van der Waals surface area contributed by atoms with Gasteiger partial charge in [-0.3, -0.25) is 0 Å². The molecule has 2 N–H and O–H groups in total. The summed E-state index contributed by atoms with van der Waals surface area (Å²) in [6, 6.07) is 8.04. The van der Waals surface area contributed by atoms with Crippen molar-refractivity contribution in [3.63, 3.8) is 0 Å². The van der Waals surface area contributed by atoms with Crippen molar-refractivity contribution < 1.29 is 9.47 Å². The molecule has 0 aliphatic carbocycles. The topological polar surface area (TPSA) is 44.5 Å². The first kappa shape index (κ1) is 10.5. The zero-order valence-corrected chi connectivity index (χ0v) is 8.98. The lowest BCUT2D eigenvalue weighted by atomic mass is 10.1. The lowest BCUT2D eigenvalue weighted by Crippen LogP contribution is -2.41. The zero-order valence-electron chi connectivity index (χ0n) is 8.98. The van der Waals surface area contributed by atoms with Crippen LogP contribution in [0.4, 0.5) is 0 Å². The highest BCUT2D eigenvalue weighted by atomic mass is 16.5. The van der Waals surface area contributed by atoms with E-state index in [1.165, 1.54) is 5.56 Å². The summed E-state index contributed by atoms with van der Waals surface area (Å²) in [5.74, 6) is 0.967. The predicted octanol–water partition coefficient (Wildman–Crippen LogP) is 1.35. The summed E-state index contributed by atoms with van der Waals surface area (Å²) in [6.45, 7) is 3.24. The van der Waals surface area contributed by atoms with Crippen molar-refractivity contribution in [2.75, 3.05) is 13.2 Å². The monoisotopic (exact) mass is 207 g/mol. The van der Waals surface area contributed by atoms with E-state index in [-0.39, 0.29) is 12.1 Å². The fourth-order valence-electron chi connectivity index (χ4n) is 1.81. The minimum absolute atomic E-state index is 0.0441.